The summed E-state index contributed by atoms with van der Waals surface area (Å²) in [5, 5.41) is 2.82. The molecule has 0 amide bonds. The summed E-state index contributed by atoms with van der Waals surface area (Å²) in [4.78, 5) is 0. The van der Waals surface area contributed by atoms with E-state index in [1.165, 1.54) is 48.5 Å². The summed E-state index contributed by atoms with van der Waals surface area (Å²) in [7, 11) is 0. The Labute approximate surface area is 172 Å². The van der Waals surface area contributed by atoms with Gasteiger partial charge in [-0.2, -0.15) is 35.8 Å². The van der Waals surface area contributed by atoms with Gasteiger partial charge in [-0.1, -0.05) is 18.2 Å². The first-order valence-corrected chi connectivity index (χ1v) is 8.61. The highest BCUT2D eigenvalue weighted by Gasteiger charge is 2.73. The van der Waals surface area contributed by atoms with Crippen LogP contribution < -0.4 is 10.2 Å². The second kappa shape index (κ2) is 9.36. The van der Waals surface area contributed by atoms with Gasteiger partial charge in [-0.25, -0.2) is 9.82 Å². The first kappa shape index (κ1) is 24.2. The molecule has 0 heterocycles. The number of benzene rings is 2. The largest absolute Gasteiger partial charge is 0.489 e. The number of hydrazone groups is 1. The van der Waals surface area contributed by atoms with Crippen LogP contribution in [-0.2, 0) is 13.0 Å². The third-order valence-corrected chi connectivity index (χ3v) is 3.93. The molecule has 0 atom stereocenters. The average Bonchev–Trinajstić information content (AvgIpc) is 2.68. The Bertz CT molecular complexity index is 924. The van der Waals surface area contributed by atoms with Crippen LogP contribution in [0.3, 0.4) is 0 Å². The molecule has 11 heteroatoms. The standard InChI is InChI=1S/C20H16F8N2O/c1-2-3-15-10-14(11-29-30-20(27,28)18(22,23)19(24,25)26)6-9-17(15)31-12-13-4-7-16(21)8-5-13/h2,4-11,30H,1,3,12H2/b29-11+. The van der Waals surface area contributed by atoms with E-state index in [0.29, 0.717) is 28.5 Å². The zero-order valence-electron chi connectivity index (χ0n) is 15.7. The van der Waals surface area contributed by atoms with Crippen molar-refractivity contribution < 1.29 is 39.9 Å². The van der Waals surface area contributed by atoms with Gasteiger partial charge in [0.05, 0.1) is 6.21 Å². The van der Waals surface area contributed by atoms with Gasteiger partial charge in [0, 0.05) is 0 Å². The van der Waals surface area contributed by atoms with Crippen molar-refractivity contribution in [3.05, 3.63) is 77.6 Å². The van der Waals surface area contributed by atoms with Crippen LogP contribution in [-0.4, -0.2) is 24.4 Å². The second-order valence-electron chi connectivity index (χ2n) is 6.29. The maximum atomic E-state index is 13.2. The summed E-state index contributed by atoms with van der Waals surface area (Å²) in [6.07, 6.45) is -4.01. The van der Waals surface area contributed by atoms with Crippen molar-refractivity contribution in [2.45, 2.75) is 31.2 Å². The van der Waals surface area contributed by atoms with Crippen molar-refractivity contribution in [2.75, 3.05) is 0 Å². The Morgan fingerprint density at radius 2 is 1.61 bits per heavy atom. The van der Waals surface area contributed by atoms with E-state index in [-0.39, 0.29) is 18.6 Å². The van der Waals surface area contributed by atoms with Crippen molar-refractivity contribution >= 4 is 6.21 Å². The minimum Gasteiger partial charge on any atom is -0.489 e. The van der Waals surface area contributed by atoms with E-state index in [2.05, 4.69) is 11.7 Å². The van der Waals surface area contributed by atoms with E-state index < -0.39 is 24.0 Å². The van der Waals surface area contributed by atoms with E-state index >= 15 is 0 Å². The Kier molecular flexibility index (Phi) is 7.29. The summed E-state index contributed by atoms with van der Waals surface area (Å²) in [5.74, 6) is -6.35. The fourth-order valence-electron chi connectivity index (χ4n) is 2.31. The molecule has 2 aromatic rings. The van der Waals surface area contributed by atoms with E-state index in [4.69, 9.17) is 4.74 Å². The molecule has 0 saturated heterocycles. The lowest BCUT2D eigenvalue weighted by Crippen LogP contribution is -2.58. The molecule has 0 aliphatic heterocycles. The number of nitrogens with zero attached hydrogens (tertiary/aromatic N) is 1. The van der Waals surface area contributed by atoms with Crippen LogP contribution in [0.5, 0.6) is 5.75 Å². The fraction of sp³-hybridized carbons (Fsp3) is 0.250. The topological polar surface area (TPSA) is 33.6 Å². The molecule has 168 valence electrons. The molecule has 2 rings (SSSR count). The SMILES string of the molecule is C=CCc1cc(/C=N/NC(F)(F)C(F)(F)C(F)(F)F)ccc1OCc1ccc(F)cc1. The predicted octanol–water partition coefficient (Wildman–Crippen LogP) is 5.85. The lowest BCUT2D eigenvalue weighted by Gasteiger charge is -2.27. The Morgan fingerprint density at radius 1 is 0.968 bits per heavy atom. The lowest BCUT2D eigenvalue weighted by atomic mass is 10.1. The van der Waals surface area contributed by atoms with E-state index in [1.54, 1.807) is 0 Å². The molecule has 0 radical (unpaired) electrons. The molecule has 0 bridgehead atoms. The lowest BCUT2D eigenvalue weighted by molar-refractivity contribution is -0.361. The zero-order valence-corrected chi connectivity index (χ0v) is 15.7. The molecule has 0 aliphatic carbocycles. The van der Waals surface area contributed by atoms with Crippen molar-refractivity contribution in [2.24, 2.45) is 5.10 Å². The Morgan fingerprint density at radius 3 is 2.19 bits per heavy atom. The molecule has 0 unspecified atom stereocenters. The third kappa shape index (κ3) is 5.96. The van der Waals surface area contributed by atoms with E-state index in [1.807, 2.05) is 0 Å². The van der Waals surface area contributed by atoms with Gasteiger partial charge in [0.2, 0.25) is 0 Å². The molecule has 1 N–H and O–H groups in total. The maximum Gasteiger partial charge on any atom is 0.462 e. The highest BCUT2D eigenvalue weighted by Crippen LogP contribution is 2.45. The molecule has 2 aromatic carbocycles. The molecule has 31 heavy (non-hydrogen) atoms. The first-order valence-electron chi connectivity index (χ1n) is 8.61. The summed E-state index contributed by atoms with van der Waals surface area (Å²) < 4.78 is 107. The van der Waals surface area contributed by atoms with Crippen molar-refractivity contribution in [1.29, 1.82) is 0 Å². The molecule has 0 fully saturated rings. The Balaban J connectivity index is 2.12. The quantitative estimate of drug-likeness (QED) is 0.170. The van der Waals surface area contributed by atoms with Crippen LogP contribution >= 0.6 is 0 Å². The van der Waals surface area contributed by atoms with Gasteiger partial charge in [0.1, 0.15) is 18.2 Å². The van der Waals surface area contributed by atoms with Gasteiger partial charge in [0.25, 0.3) is 0 Å². The number of nitrogens with one attached hydrogen (secondary N) is 1. The van der Waals surface area contributed by atoms with Crippen molar-refractivity contribution in [3.63, 3.8) is 0 Å². The predicted molar refractivity (Wildman–Crippen MR) is 97.8 cm³/mol. The highest BCUT2D eigenvalue weighted by molar-refractivity contribution is 5.80. The molecule has 0 aliphatic rings. The molecular formula is C20H16F8N2O. The smallest absolute Gasteiger partial charge is 0.462 e. The Hall–Kier alpha value is -3.11. The van der Waals surface area contributed by atoms with Crippen LogP contribution in [0.4, 0.5) is 35.1 Å². The fourth-order valence-corrected chi connectivity index (χ4v) is 2.31. The van der Waals surface area contributed by atoms with Crippen LogP contribution in [0.15, 0.2) is 60.2 Å². The third-order valence-electron chi connectivity index (χ3n) is 3.93. The van der Waals surface area contributed by atoms with Crippen LogP contribution in [0.1, 0.15) is 16.7 Å². The van der Waals surface area contributed by atoms with Gasteiger partial charge in [0.15, 0.2) is 0 Å². The van der Waals surface area contributed by atoms with E-state index in [0.717, 1.165) is 0 Å². The number of rotatable bonds is 9. The van der Waals surface area contributed by atoms with E-state index in [9.17, 15) is 35.1 Å². The minimum atomic E-state index is -6.46. The number of ether oxygens (including phenoxy) is 1. The second-order valence-corrected chi connectivity index (χ2v) is 6.29. The molecule has 0 spiro atoms. The first-order chi connectivity index (χ1) is 14.4. The van der Waals surface area contributed by atoms with Gasteiger partial charge in [-0.3, -0.25) is 0 Å². The number of halogens is 8. The van der Waals surface area contributed by atoms with Crippen LogP contribution in [0, 0.1) is 5.82 Å². The molecule has 3 nitrogen and oxygen atoms in total. The average molecular weight is 452 g/mol. The van der Waals surface area contributed by atoms with Crippen LogP contribution in [0.2, 0.25) is 0 Å². The molecule has 0 saturated carbocycles. The number of alkyl halides is 7. The summed E-state index contributed by atoms with van der Waals surface area (Å²) in [5.41, 5.74) is 1.88. The summed E-state index contributed by atoms with van der Waals surface area (Å²) in [6.45, 7) is 3.66. The van der Waals surface area contributed by atoms with Crippen molar-refractivity contribution in [3.8, 4) is 5.75 Å². The maximum absolute atomic E-state index is 13.2. The summed E-state index contributed by atoms with van der Waals surface area (Å²) >= 11 is 0. The summed E-state index contributed by atoms with van der Waals surface area (Å²) in [6, 6.07) is 4.08. The zero-order chi connectivity index (χ0) is 23.3. The molecular weight excluding hydrogens is 436 g/mol. The number of allylic oxidation sites excluding steroid dienone is 1. The minimum absolute atomic E-state index is 0.0954. The van der Waals surface area contributed by atoms with Gasteiger partial charge < -0.3 is 4.74 Å². The number of hydrogen-bond acceptors (Lipinski definition) is 3. The van der Waals surface area contributed by atoms with Crippen molar-refractivity contribution in [1.82, 2.24) is 5.43 Å². The van der Waals surface area contributed by atoms with Gasteiger partial charge in [-0.05, 0) is 53.4 Å². The molecule has 0 aromatic heterocycles. The highest BCUT2D eigenvalue weighted by atomic mass is 19.4. The van der Waals surface area contributed by atoms with Gasteiger partial charge in [-0.15, -0.1) is 6.58 Å². The monoisotopic (exact) mass is 452 g/mol. The number of hydrogen-bond donors (Lipinski definition) is 1. The normalized spacial score (nSPS) is 12.8. The van der Waals surface area contributed by atoms with Gasteiger partial charge >= 0.3 is 18.1 Å². The van der Waals surface area contributed by atoms with Crippen LogP contribution in [0.25, 0.3) is 0 Å².